The lowest BCUT2D eigenvalue weighted by Gasteiger charge is -2.09. The first-order chi connectivity index (χ1) is 7.85. The maximum atomic E-state index is 5.57. The SMILES string of the molecule is NCc1nnc(C2(c3ccccc3)CC2)o1. The van der Waals surface area contributed by atoms with Gasteiger partial charge in [0.15, 0.2) is 0 Å². The Balaban J connectivity index is 2.00. The monoisotopic (exact) mass is 215 g/mol. The van der Waals surface area contributed by atoms with Crippen LogP contribution in [0.25, 0.3) is 0 Å². The van der Waals surface area contributed by atoms with Crippen molar-refractivity contribution in [1.29, 1.82) is 0 Å². The van der Waals surface area contributed by atoms with Crippen LogP contribution in [-0.2, 0) is 12.0 Å². The van der Waals surface area contributed by atoms with Crippen LogP contribution in [0, 0.1) is 0 Å². The summed E-state index contributed by atoms with van der Waals surface area (Å²) in [6.45, 7) is 0.303. The van der Waals surface area contributed by atoms with E-state index in [0.717, 1.165) is 12.8 Å². The second-order valence-electron chi connectivity index (χ2n) is 4.15. The van der Waals surface area contributed by atoms with Crippen LogP contribution in [0.1, 0.15) is 30.2 Å². The summed E-state index contributed by atoms with van der Waals surface area (Å²) in [7, 11) is 0. The minimum Gasteiger partial charge on any atom is -0.423 e. The van der Waals surface area contributed by atoms with Crippen LogP contribution in [0.4, 0.5) is 0 Å². The average Bonchev–Trinajstić information content (AvgIpc) is 3.02. The highest BCUT2D eigenvalue weighted by atomic mass is 16.4. The normalized spacial score (nSPS) is 17.3. The molecule has 0 bridgehead atoms. The lowest BCUT2D eigenvalue weighted by molar-refractivity contribution is 0.427. The van der Waals surface area contributed by atoms with Gasteiger partial charge in [0.25, 0.3) is 0 Å². The highest BCUT2D eigenvalue weighted by molar-refractivity contribution is 5.37. The fraction of sp³-hybridized carbons (Fsp3) is 0.333. The third-order valence-electron chi connectivity index (χ3n) is 3.13. The fourth-order valence-corrected chi connectivity index (χ4v) is 2.04. The summed E-state index contributed by atoms with van der Waals surface area (Å²) in [5.41, 5.74) is 6.68. The van der Waals surface area contributed by atoms with Gasteiger partial charge < -0.3 is 10.2 Å². The van der Waals surface area contributed by atoms with E-state index in [9.17, 15) is 0 Å². The Kier molecular flexibility index (Phi) is 2.04. The number of nitrogens with two attached hydrogens (primary N) is 1. The van der Waals surface area contributed by atoms with E-state index in [-0.39, 0.29) is 5.41 Å². The van der Waals surface area contributed by atoms with Crippen molar-refractivity contribution >= 4 is 0 Å². The Bertz CT molecular complexity index is 488. The Morgan fingerprint density at radius 3 is 2.50 bits per heavy atom. The largest absolute Gasteiger partial charge is 0.423 e. The lowest BCUT2D eigenvalue weighted by atomic mass is 9.96. The van der Waals surface area contributed by atoms with E-state index in [0.29, 0.717) is 18.3 Å². The molecule has 1 saturated carbocycles. The standard InChI is InChI=1S/C12H13N3O/c13-8-10-14-15-11(16-10)12(6-7-12)9-4-2-1-3-5-9/h1-5H,6-8,13H2. The second-order valence-corrected chi connectivity index (χ2v) is 4.15. The molecule has 0 spiro atoms. The van der Waals surface area contributed by atoms with Gasteiger partial charge in [-0.2, -0.15) is 0 Å². The van der Waals surface area contributed by atoms with Crippen LogP contribution >= 0.6 is 0 Å². The quantitative estimate of drug-likeness (QED) is 0.844. The van der Waals surface area contributed by atoms with Crippen molar-refractivity contribution in [2.45, 2.75) is 24.8 Å². The van der Waals surface area contributed by atoms with Crippen LogP contribution in [0.3, 0.4) is 0 Å². The maximum absolute atomic E-state index is 5.57. The molecule has 0 amide bonds. The summed E-state index contributed by atoms with van der Waals surface area (Å²) in [6.07, 6.45) is 2.15. The predicted molar refractivity (Wildman–Crippen MR) is 58.6 cm³/mol. The van der Waals surface area contributed by atoms with Crippen LogP contribution in [0.2, 0.25) is 0 Å². The van der Waals surface area contributed by atoms with Crippen molar-refractivity contribution < 1.29 is 4.42 Å². The van der Waals surface area contributed by atoms with E-state index in [1.807, 2.05) is 18.2 Å². The van der Waals surface area contributed by atoms with Crippen LogP contribution in [0.15, 0.2) is 34.7 Å². The third-order valence-corrected chi connectivity index (χ3v) is 3.13. The van der Waals surface area contributed by atoms with Gasteiger partial charge in [-0.3, -0.25) is 0 Å². The number of benzene rings is 1. The summed E-state index contributed by atoms with van der Waals surface area (Å²) in [6, 6.07) is 10.3. The van der Waals surface area contributed by atoms with Crippen molar-refractivity contribution in [3.05, 3.63) is 47.7 Å². The molecule has 1 aliphatic rings. The summed E-state index contributed by atoms with van der Waals surface area (Å²) in [4.78, 5) is 0. The maximum Gasteiger partial charge on any atom is 0.230 e. The van der Waals surface area contributed by atoms with E-state index in [4.69, 9.17) is 10.2 Å². The van der Waals surface area contributed by atoms with Gasteiger partial charge in [0.05, 0.1) is 12.0 Å². The Morgan fingerprint density at radius 1 is 1.19 bits per heavy atom. The molecule has 1 heterocycles. The second kappa shape index (κ2) is 3.42. The van der Waals surface area contributed by atoms with Gasteiger partial charge in [-0.15, -0.1) is 10.2 Å². The molecule has 0 saturated heterocycles. The van der Waals surface area contributed by atoms with Gasteiger partial charge in [-0.05, 0) is 18.4 Å². The molecule has 1 aromatic carbocycles. The zero-order valence-electron chi connectivity index (χ0n) is 8.89. The molecule has 4 heteroatoms. The minimum absolute atomic E-state index is 0.0400. The number of hydrogen-bond acceptors (Lipinski definition) is 4. The number of hydrogen-bond donors (Lipinski definition) is 1. The molecule has 1 fully saturated rings. The van der Waals surface area contributed by atoms with Gasteiger partial charge in [0, 0.05) is 0 Å². The van der Waals surface area contributed by atoms with E-state index < -0.39 is 0 Å². The Hall–Kier alpha value is -1.68. The molecule has 3 rings (SSSR count). The molecule has 1 aromatic heterocycles. The summed E-state index contributed by atoms with van der Waals surface area (Å²) < 4.78 is 5.57. The van der Waals surface area contributed by atoms with Gasteiger partial charge >= 0.3 is 0 Å². The predicted octanol–water partition coefficient (Wildman–Crippen LogP) is 1.61. The first-order valence-electron chi connectivity index (χ1n) is 5.44. The van der Waals surface area contributed by atoms with Gasteiger partial charge in [0.2, 0.25) is 11.8 Å². The topological polar surface area (TPSA) is 64.9 Å². The van der Waals surface area contributed by atoms with Crippen molar-refractivity contribution in [3.63, 3.8) is 0 Å². The fourth-order valence-electron chi connectivity index (χ4n) is 2.04. The molecule has 4 nitrogen and oxygen atoms in total. The molecular formula is C12H13N3O. The molecule has 0 atom stereocenters. The Labute approximate surface area is 93.5 Å². The van der Waals surface area contributed by atoms with Gasteiger partial charge in [0.1, 0.15) is 0 Å². The summed E-state index contributed by atoms with van der Waals surface area (Å²) >= 11 is 0. The molecule has 82 valence electrons. The summed E-state index contributed by atoms with van der Waals surface area (Å²) in [5, 5.41) is 8.03. The van der Waals surface area contributed by atoms with Crippen molar-refractivity contribution in [3.8, 4) is 0 Å². The number of aromatic nitrogens is 2. The minimum atomic E-state index is -0.0400. The van der Waals surface area contributed by atoms with E-state index in [1.165, 1.54) is 5.56 Å². The number of nitrogens with zero attached hydrogens (tertiary/aromatic N) is 2. The van der Waals surface area contributed by atoms with Crippen molar-refractivity contribution in [2.75, 3.05) is 0 Å². The zero-order valence-corrected chi connectivity index (χ0v) is 8.89. The zero-order chi connectivity index (χ0) is 11.0. The molecule has 0 radical (unpaired) electrons. The molecule has 2 N–H and O–H groups in total. The molecule has 0 aliphatic heterocycles. The van der Waals surface area contributed by atoms with Gasteiger partial charge in [-0.1, -0.05) is 30.3 Å². The van der Waals surface area contributed by atoms with Crippen molar-refractivity contribution in [1.82, 2.24) is 10.2 Å². The van der Waals surface area contributed by atoms with Crippen LogP contribution in [0.5, 0.6) is 0 Å². The van der Waals surface area contributed by atoms with E-state index in [1.54, 1.807) is 0 Å². The Morgan fingerprint density at radius 2 is 1.94 bits per heavy atom. The third kappa shape index (κ3) is 1.34. The number of rotatable bonds is 3. The van der Waals surface area contributed by atoms with E-state index in [2.05, 4.69) is 22.3 Å². The van der Waals surface area contributed by atoms with E-state index >= 15 is 0 Å². The first-order valence-corrected chi connectivity index (χ1v) is 5.44. The molecule has 2 aromatic rings. The smallest absolute Gasteiger partial charge is 0.230 e. The highest BCUT2D eigenvalue weighted by Gasteiger charge is 2.50. The average molecular weight is 215 g/mol. The summed E-state index contributed by atoms with van der Waals surface area (Å²) in [5.74, 6) is 1.22. The molecular weight excluding hydrogens is 202 g/mol. The molecule has 0 unspecified atom stereocenters. The lowest BCUT2D eigenvalue weighted by Crippen LogP contribution is -2.08. The van der Waals surface area contributed by atoms with Crippen LogP contribution < -0.4 is 5.73 Å². The molecule has 16 heavy (non-hydrogen) atoms. The first kappa shape index (κ1) is 9.54. The van der Waals surface area contributed by atoms with Crippen molar-refractivity contribution in [2.24, 2.45) is 5.73 Å². The molecule has 1 aliphatic carbocycles. The van der Waals surface area contributed by atoms with Crippen LogP contribution in [-0.4, -0.2) is 10.2 Å². The highest BCUT2D eigenvalue weighted by Crippen LogP contribution is 2.52. The van der Waals surface area contributed by atoms with Gasteiger partial charge in [-0.25, -0.2) is 0 Å².